The molecule has 1 aromatic heterocycles. The van der Waals surface area contributed by atoms with E-state index in [4.69, 9.17) is 4.74 Å². The van der Waals surface area contributed by atoms with E-state index in [9.17, 15) is 20.0 Å². The molecule has 0 fully saturated rings. The maximum atomic E-state index is 12.8. The molecule has 1 N–H and O–H groups in total. The minimum atomic E-state index is -0.802. The van der Waals surface area contributed by atoms with E-state index in [0.717, 1.165) is 5.56 Å². The van der Waals surface area contributed by atoms with Gasteiger partial charge in [0.05, 0.1) is 10.6 Å². The predicted octanol–water partition coefficient (Wildman–Crippen LogP) is 4.92. The minimum absolute atomic E-state index is 0.000601. The van der Waals surface area contributed by atoms with Crippen molar-refractivity contribution in [1.82, 2.24) is 4.98 Å². The third-order valence-electron chi connectivity index (χ3n) is 3.99. The van der Waals surface area contributed by atoms with E-state index in [1.54, 1.807) is 30.3 Å². The van der Waals surface area contributed by atoms with E-state index < -0.39 is 16.7 Å². The molecule has 0 bridgehead atoms. The van der Waals surface area contributed by atoms with Crippen molar-refractivity contribution in [2.75, 3.05) is 0 Å². The molecule has 146 valence electrons. The Bertz CT molecular complexity index is 1070. The fourth-order valence-electron chi connectivity index (χ4n) is 2.57. The van der Waals surface area contributed by atoms with Gasteiger partial charge in [-0.2, -0.15) is 0 Å². The van der Waals surface area contributed by atoms with Gasteiger partial charge in [0.1, 0.15) is 17.9 Å². The van der Waals surface area contributed by atoms with Gasteiger partial charge >= 0.3 is 5.97 Å². The van der Waals surface area contributed by atoms with Gasteiger partial charge in [-0.3, -0.25) is 15.1 Å². The topological polar surface area (TPSA) is 103 Å². The molecule has 0 saturated heterocycles. The molecule has 3 aromatic rings. The van der Waals surface area contributed by atoms with Crippen molar-refractivity contribution in [3.63, 3.8) is 0 Å². The monoisotopic (exact) mass is 454 g/mol. The molecule has 7 nitrogen and oxygen atoms in total. The Morgan fingerprint density at radius 1 is 1.10 bits per heavy atom. The molecule has 0 saturated carbocycles. The Morgan fingerprint density at radius 3 is 2.48 bits per heavy atom. The van der Waals surface area contributed by atoms with Crippen molar-refractivity contribution in [3.05, 3.63) is 104 Å². The normalized spacial score (nSPS) is 11.5. The van der Waals surface area contributed by atoms with Crippen LogP contribution in [0.25, 0.3) is 11.3 Å². The van der Waals surface area contributed by atoms with E-state index in [2.05, 4.69) is 20.9 Å². The number of benzene rings is 2. The van der Waals surface area contributed by atoms with Gasteiger partial charge < -0.3 is 9.84 Å². The summed E-state index contributed by atoms with van der Waals surface area (Å²) in [5.41, 5.74) is 0.616. The molecule has 29 heavy (non-hydrogen) atoms. The summed E-state index contributed by atoms with van der Waals surface area (Å²) in [5.74, 6) is -1.28. The summed E-state index contributed by atoms with van der Waals surface area (Å²) < 4.78 is 5.74. The first-order chi connectivity index (χ1) is 14.0. The van der Waals surface area contributed by atoms with Gasteiger partial charge in [-0.25, -0.2) is 4.79 Å². The van der Waals surface area contributed by atoms with Gasteiger partial charge in [0, 0.05) is 28.4 Å². The van der Waals surface area contributed by atoms with Gasteiger partial charge in [0.2, 0.25) is 0 Å². The highest BCUT2D eigenvalue weighted by molar-refractivity contribution is 9.10. The number of hydrogen-bond acceptors (Lipinski definition) is 6. The number of aliphatic hydroxyl groups excluding tert-OH is 1. The molecule has 0 amide bonds. The number of non-ortho nitro benzene ring substituents is 1. The van der Waals surface area contributed by atoms with Crippen LogP contribution in [0.4, 0.5) is 5.69 Å². The zero-order valence-electron chi connectivity index (χ0n) is 15.0. The first-order valence-corrected chi connectivity index (χ1v) is 9.26. The summed E-state index contributed by atoms with van der Waals surface area (Å²) in [4.78, 5) is 27.5. The lowest BCUT2D eigenvalue weighted by molar-refractivity contribution is -0.384. The summed E-state index contributed by atoms with van der Waals surface area (Å²) in [7, 11) is 0. The zero-order chi connectivity index (χ0) is 20.8. The fourth-order valence-corrected chi connectivity index (χ4v) is 3.01. The highest BCUT2D eigenvalue weighted by Crippen LogP contribution is 2.32. The van der Waals surface area contributed by atoms with Crippen LogP contribution >= 0.6 is 15.9 Å². The fraction of sp³-hybridized carbons (Fsp3) is 0.0476. The molecule has 3 rings (SSSR count). The Morgan fingerprint density at radius 2 is 1.83 bits per heavy atom. The Labute approximate surface area is 174 Å². The average Bonchev–Trinajstić information content (AvgIpc) is 2.74. The third kappa shape index (κ3) is 4.85. The van der Waals surface area contributed by atoms with Crippen molar-refractivity contribution in [3.8, 4) is 0 Å². The Kier molecular flexibility index (Phi) is 6.36. The van der Waals surface area contributed by atoms with Crippen LogP contribution in [0.1, 0.15) is 16.8 Å². The zero-order valence-corrected chi connectivity index (χ0v) is 16.6. The number of aromatic nitrogens is 1. The van der Waals surface area contributed by atoms with Crippen LogP contribution in [0.3, 0.4) is 0 Å². The second-order valence-electron chi connectivity index (χ2n) is 5.92. The van der Waals surface area contributed by atoms with Crippen molar-refractivity contribution >= 4 is 38.9 Å². The summed E-state index contributed by atoms with van der Waals surface area (Å²) in [6.07, 6.45) is 1.47. The molecule has 2 aromatic carbocycles. The summed E-state index contributed by atoms with van der Waals surface area (Å²) >= 11 is 3.26. The molecule has 0 atom stereocenters. The van der Waals surface area contributed by atoms with Crippen molar-refractivity contribution in [2.24, 2.45) is 0 Å². The Balaban J connectivity index is 2.04. The number of nitrogens with zero attached hydrogens (tertiary/aromatic N) is 2. The van der Waals surface area contributed by atoms with Crippen LogP contribution in [-0.4, -0.2) is 21.0 Å². The lowest BCUT2D eigenvalue weighted by Crippen LogP contribution is -2.11. The van der Waals surface area contributed by atoms with Crippen LogP contribution < -0.4 is 0 Å². The summed E-state index contributed by atoms with van der Waals surface area (Å²) in [5, 5.41) is 22.0. The van der Waals surface area contributed by atoms with Crippen LogP contribution in [0.5, 0.6) is 0 Å². The number of nitro groups is 1. The first kappa shape index (κ1) is 20.2. The molecular weight excluding hydrogens is 440 g/mol. The molecule has 0 aliphatic carbocycles. The lowest BCUT2D eigenvalue weighted by Gasteiger charge is -2.12. The van der Waals surface area contributed by atoms with Crippen LogP contribution in [-0.2, 0) is 16.1 Å². The second kappa shape index (κ2) is 9.11. The molecule has 0 spiro atoms. The summed E-state index contributed by atoms with van der Waals surface area (Å²) in [6, 6.07) is 17.8. The molecule has 0 aliphatic rings. The van der Waals surface area contributed by atoms with Crippen LogP contribution in [0.2, 0.25) is 0 Å². The largest absolute Gasteiger partial charge is 0.506 e. The SMILES string of the molecule is O=C(OCc1ccccc1)/C(=C(\O)c1cc([N+](=O)[O-])ccc1Br)c1ccccn1. The number of rotatable bonds is 6. The van der Waals surface area contributed by atoms with E-state index >= 15 is 0 Å². The van der Waals surface area contributed by atoms with Gasteiger partial charge in [-0.05, 0) is 23.8 Å². The molecule has 8 heteroatoms. The number of aliphatic hydroxyl groups is 1. The van der Waals surface area contributed by atoms with E-state index in [-0.39, 0.29) is 29.1 Å². The van der Waals surface area contributed by atoms with E-state index in [1.807, 2.05) is 18.2 Å². The van der Waals surface area contributed by atoms with E-state index in [0.29, 0.717) is 4.47 Å². The lowest BCUT2D eigenvalue weighted by atomic mass is 10.0. The minimum Gasteiger partial charge on any atom is -0.506 e. The quantitative estimate of drug-likeness (QED) is 0.186. The standard InChI is InChI=1S/C21H15BrN2O5/c22-17-10-9-15(24(27)28)12-16(17)20(25)19(18-8-4-5-11-23-18)21(26)29-13-14-6-2-1-3-7-14/h1-12,25H,13H2/b20-19-. The molecular formula is C21H15BrN2O5. The van der Waals surface area contributed by atoms with Crippen molar-refractivity contribution in [1.29, 1.82) is 0 Å². The molecule has 1 heterocycles. The maximum absolute atomic E-state index is 12.8. The van der Waals surface area contributed by atoms with Gasteiger partial charge in [-0.1, -0.05) is 52.3 Å². The van der Waals surface area contributed by atoms with Crippen molar-refractivity contribution < 1.29 is 19.6 Å². The van der Waals surface area contributed by atoms with Crippen LogP contribution in [0.15, 0.2) is 77.4 Å². The van der Waals surface area contributed by atoms with Crippen molar-refractivity contribution in [2.45, 2.75) is 6.61 Å². The number of esters is 1. The number of pyridine rings is 1. The number of halogens is 1. The highest BCUT2D eigenvalue weighted by atomic mass is 79.9. The highest BCUT2D eigenvalue weighted by Gasteiger charge is 2.24. The van der Waals surface area contributed by atoms with E-state index in [1.165, 1.54) is 24.4 Å². The summed E-state index contributed by atoms with van der Waals surface area (Å²) in [6.45, 7) is -0.000601. The third-order valence-corrected chi connectivity index (χ3v) is 4.68. The maximum Gasteiger partial charge on any atom is 0.344 e. The first-order valence-electron chi connectivity index (χ1n) is 8.47. The number of nitro benzene ring substituents is 1. The number of carbonyl (C=O) groups is 1. The smallest absolute Gasteiger partial charge is 0.344 e. The number of carbonyl (C=O) groups excluding carboxylic acids is 1. The molecule has 0 aliphatic heterocycles. The Hall–Kier alpha value is -3.52. The van der Waals surface area contributed by atoms with Gasteiger partial charge in [0.25, 0.3) is 5.69 Å². The number of ether oxygens (including phenoxy) is 1. The number of hydrogen-bond donors (Lipinski definition) is 1. The molecule has 0 unspecified atom stereocenters. The average molecular weight is 455 g/mol. The second-order valence-corrected chi connectivity index (χ2v) is 6.78. The predicted molar refractivity (Wildman–Crippen MR) is 111 cm³/mol. The van der Waals surface area contributed by atoms with Gasteiger partial charge in [-0.15, -0.1) is 0 Å². The van der Waals surface area contributed by atoms with Gasteiger partial charge in [0.15, 0.2) is 0 Å². The van der Waals surface area contributed by atoms with Crippen LogP contribution in [0, 0.1) is 10.1 Å². The molecule has 0 radical (unpaired) electrons.